The van der Waals surface area contributed by atoms with Gasteiger partial charge in [0.15, 0.2) is 6.10 Å². The zero-order valence-corrected chi connectivity index (χ0v) is 44.8. The molecule has 0 aliphatic heterocycles. The summed E-state index contributed by atoms with van der Waals surface area (Å²) in [5, 5.41) is 0. The molecule has 1 unspecified atom stereocenters. The Hall–Kier alpha value is -3.93. The zero-order chi connectivity index (χ0) is 50.0. The normalized spacial score (nSPS) is 12.9. The lowest BCUT2D eigenvalue weighted by Crippen LogP contribution is -2.30. The van der Waals surface area contributed by atoms with E-state index in [0.29, 0.717) is 19.3 Å². The van der Waals surface area contributed by atoms with E-state index in [1.807, 2.05) is 0 Å². The van der Waals surface area contributed by atoms with Crippen LogP contribution in [0.3, 0.4) is 0 Å². The molecule has 0 aromatic heterocycles. The van der Waals surface area contributed by atoms with Crippen LogP contribution in [0.25, 0.3) is 0 Å². The van der Waals surface area contributed by atoms with Crippen molar-refractivity contribution < 1.29 is 28.6 Å². The number of esters is 3. The van der Waals surface area contributed by atoms with Crippen LogP contribution in [0.15, 0.2) is 109 Å². The molecule has 0 heterocycles. The predicted molar refractivity (Wildman–Crippen MR) is 297 cm³/mol. The second kappa shape index (κ2) is 56.7. The first-order chi connectivity index (χ1) is 34.0. The van der Waals surface area contributed by atoms with Crippen LogP contribution in [0, 0.1) is 0 Å². The topological polar surface area (TPSA) is 78.9 Å². The molecule has 0 aromatic carbocycles. The number of unbranched alkanes of at least 4 members (excludes halogenated alkanes) is 21. The van der Waals surface area contributed by atoms with E-state index >= 15 is 0 Å². The number of ether oxygens (including phenoxy) is 3. The van der Waals surface area contributed by atoms with Crippen molar-refractivity contribution >= 4 is 17.9 Å². The SMILES string of the molecule is CC/C=C\C/C=C\C/C=C\C/C=C\CCCCCCCCC(=O)OCC(COC(=O)CCCCCCC/C=C\CCCCCCCC)OC(=O)CCCCCC/C=C\C/C=C\C/C=C\C/C=C\CC. The lowest BCUT2D eigenvalue weighted by Gasteiger charge is -2.18. The molecule has 392 valence electrons. The fourth-order valence-electron chi connectivity index (χ4n) is 7.54. The van der Waals surface area contributed by atoms with Crippen LogP contribution < -0.4 is 0 Å². The largest absolute Gasteiger partial charge is 0.462 e. The molecule has 0 saturated heterocycles. The summed E-state index contributed by atoms with van der Waals surface area (Å²) >= 11 is 0. The van der Waals surface area contributed by atoms with Gasteiger partial charge in [0, 0.05) is 19.3 Å². The van der Waals surface area contributed by atoms with Gasteiger partial charge < -0.3 is 14.2 Å². The van der Waals surface area contributed by atoms with Crippen LogP contribution >= 0.6 is 0 Å². The van der Waals surface area contributed by atoms with Crippen LogP contribution in [-0.2, 0) is 28.6 Å². The first kappa shape index (κ1) is 65.1. The maximum atomic E-state index is 12.9. The molecule has 0 spiro atoms. The summed E-state index contributed by atoms with van der Waals surface area (Å²) in [5.41, 5.74) is 0. The third-order valence-electron chi connectivity index (χ3n) is 11.7. The van der Waals surface area contributed by atoms with Crippen molar-refractivity contribution in [3.05, 3.63) is 109 Å². The molecule has 0 aromatic rings. The Balaban J connectivity index is 4.48. The average Bonchev–Trinajstić information content (AvgIpc) is 3.35. The van der Waals surface area contributed by atoms with Crippen molar-refractivity contribution in [3.63, 3.8) is 0 Å². The molecular weight excluding hydrogens is 853 g/mol. The minimum absolute atomic E-state index is 0.0985. The van der Waals surface area contributed by atoms with Gasteiger partial charge in [-0.3, -0.25) is 14.4 Å². The Morgan fingerprint density at radius 3 is 0.899 bits per heavy atom. The Kier molecular flexibility index (Phi) is 53.4. The van der Waals surface area contributed by atoms with E-state index < -0.39 is 6.10 Å². The molecule has 69 heavy (non-hydrogen) atoms. The maximum Gasteiger partial charge on any atom is 0.306 e. The van der Waals surface area contributed by atoms with Crippen LogP contribution in [0.2, 0.25) is 0 Å². The summed E-state index contributed by atoms with van der Waals surface area (Å²) < 4.78 is 16.8. The molecule has 0 bridgehead atoms. The van der Waals surface area contributed by atoms with Crippen molar-refractivity contribution in [2.24, 2.45) is 0 Å². The van der Waals surface area contributed by atoms with E-state index in [2.05, 4.69) is 130 Å². The number of hydrogen-bond acceptors (Lipinski definition) is 6. The summed E-state index contributed by atoms with van der Waals surface area (Å²) in [5.74, 6) is -0.944. The summed E-state index contributed by atoms with van der Waals surface area (Å²) in [6.07, 6.45) is 76.4. The van der Waals surface area contributed by atoms with Gasteiger partial charge in [-0.25, -0.2) is 0 Å². The van der Waals surface area contributed by atoms with E-state index in [9.17, 15) is 14.4 Å². The second-order valence-corrected chi connectivity index (χ2v) is 18.4. The van der Waals surface area contributed by atoms with Gasteiger partial charge in [-0.05, 0) is 122 Å². The van der Waals surface area contributed by atoms with E-state index in [0.717, 1.165) is 141 Å². The quantitative estimate of drug-likeness (QED) is 0.0262. The number of carbonyl (C=O) groups is 3. The van der Waals surface area contributed by atoms with E-state index in [-0.39, 0.29) is 31.1 Å². The molecule has 0 fully saturated rings. The third kappa shape index (κ3) is 54.9. The standard InChI is InChI=1S/C63H104O6/c1-4-7-10-13-16-19-22-25-28-30-31-33-35-38-41-44-47-50-53-56-62(65)68-59-60(58-67-61(64)55-52-49-46-43-40-37-34-27-24-21-18-15-12-9-6-3)69-63(66)57-54-51-48-45-42-39-36-32-29-26-23-20-17-14-11-8-5-2/h7-8,10-11,16-17,19-20,25-29,31,33-34,36,39,60H,4-6,9,12-15,18,21-24,30,32,35,37-38,40-59H2,1-3H3/b10-7-,11-8-,19-16-,20-17-,28-25-,29-26-,33-31-,34-27-,39-36-. The number of hydrogen-bond donors (Lipinski definition) is 0. The van der Waals surface area contributed by atoms with Gasteiger partial charge in [0.25, 0.3) is 0 Å². The Labute approximate surface area is 425 Å². The second-order valence-electron chi connectivity index (χ2n) is 18.4. The minimum atomic E-state index is -0.803. The molecule has 0 radical (unpaired) electrons. The Bertz CT molecular complexity index is 1420. The summed E-state index contributed by atoms with van der Waals surface area (Å²) in [4.78, 5) is 38.2. The molecule has 6 heteroatoms. The highest BCUT2D eigenvalue weighted by Crippen LogP contribution is 2.14. The van der Waals surface area contributed by atoms with Gasteiger partial charge in [-0.2, -0.15) is 0 Å². The van der Waals surface area contributed by atoms with Gasteiger partial charge >= 0.3 is 17.9 Å². The van der Waals surface area contributed by atoms with Gasteiger partial charge in [0.05, 0.1) is 0 Å². The monoisotopic (exact) mass is 957 g/mol. The van der Waals surface area contributed by atoms with Gasteiger partial charge in [-0.1, -0.05) is 220 Å². The highest BCUT2D eigenvalue weighted by atomic mass is 16.6. The number of carbonyl (C=O) groups excluding carboxylic acids is 3. The summed E-state index contributed by atoms with van der Waals surface area (Å²) in [7, 11) is 0. The van der Waals surface area contributed by atoms with Crippen LogP contribution in [-0.4, -0.2) is 37.2 Å². The van der Waals surface area contributed by atoms with Crippen molar-refractivity contribution in [2.45, 2.75) is 258 Å². The molecule has 0 N–H and O–H groups in total. The molecule has 0 aliphatic rings. The molecular formula is C63H104O6. The van der Waals surface area contributed by atoms with Crippen molar-refractivity contribution in [1.82, 2.24) is 0 Å². The van der Waals surface area contributed by atoms with Crippen molar-refractivity contribution in [1.29, 1.82) is 0 Å². The van der Waals surface area contributed by atoms with Gasteiger partial charge in [0.1, 0.15) is 13.2 Å². The zero-order valence-electron chi connectivity index (χ0n) is 44.8. The summed E-state index contributed by atoms with van der Waals surface area (Å²) in [6.45, 7) is 6.37. The molecule has 0 amide bonds. The predicted octanol–water partition coefficient (Wildman–Crippen LogP) is 19.1. The molecule has 1 atom stereocenters. The van der Waals surface area contributed by atoms with Crippen LogP contribution in [0.4, 0.5) is 0 Å². The molecule has 0 saturated carbocycles. The Morgan fingerprint density at radius 2 is 0.565 bits per heavy atom. The summed E-state index contributed by atoms with van der Waals surface area (Å²) in [6, 6.07) is 0. The van der Waals surface area contributed by atoms with Crippen LogP contribution in [0.1, 0.15) is 252 Å². The molecule has 0 aliphatic carbocycles. The third-order valence-corrected chi connectivity index (χ3v) is 11.7. The van der Waals surface area contributed by atoms with E-state index in [1.54, 1.807) is 0 Å². The smallest absolute Gasteiger partial charge is 0.306 e. The highest BCUT2D eigenvalue weighted by molar-refractivity contribution is 5.71. The molecule has 0 rings (SSSR count). The van der Waals surface area contributed by atoms with Gasteiger partial charge in [0.2, 0.25) is 0 Å². The highest BCUT2D eigenvalue weighted by Gasteiger charge is 2.19. The maximum absolute atomic E-state index is 12.9. The van der Waals surface area contributed by atoms with Gasteiger partial charge in [-0.15, -0.1) is 0 Å². The minimum Gasteiger partial charge on any atom is -0.462 e. The van der Waals surface area contributed by atoms with E-state index in [1.165, 1.54) is 70.6 Å². The van der Waals surface area contributed by atoms with Crippen LogP contribution in [0.5, 0.6) is 0 Å². The fourth-order valence-corrected chi connectivity index (χ4v) is 7.54. The first-order valence-corrected chi connectivity index (χ1v) is 28.4. The lowest BCUT2D eigenvalue weighted by molar-refractivity contribution is -0.167. The number of rotatable bonds is 50. The lowest BCUT2D eigenvalue weighted by atomic mass is 10.1. The van der Waals surface area contributed by atoms with Crippen molar-refractivity contribution in [2.75, 3.05) is 13.2 Å². The van der Waals surface area contributed by atoms with E-state index in [4.69, 9.17) is 14.2 Å². The number of allylic oxidation sites excluding steroid dienone is 18. The Morgan fingerprint density at radius 1 is 0.304 bits per heavy atom. The van der Waals surface area contributed by atoms with Crippen molar-refractivity contribution in [3.8, 4) is 0 Å². The fraction of sp³-hybridized carbons (Fsp3) is 0.667. The first-order valence-electron chi connectivity index (χ1n) is 28.4. The average molecular weight is 958 g/mol. The molecule has 6 nitrogen and oxygen atoms in total.